The van der Waals surface area contributed by atoms with E-state index in [-0.39, 0.29) is 6.04 Å². The van der Waals surface area contributed by atoms with Gasteiger partial charge >= 0.3 is 0 Å². The van der Waals surface area contributed by atoms with E-state index in [0.29, 0.717) is 35.4 Å². The number of fused-ring (bicyclic) bond motifs is 4. The Balaban J connectivity index is 1.22. The molecule has 39 heavy (non-hydrogen) atoms. The molecule has 1 aliphatic heterocycles. The molecule has 0 saturated heterocycles. The quantitative estimate of drug-likeness (QED) is 0.289. The highest BCUT2D eigenvalue weighted by Gasteiger charge is 2.20. The van der Waals surface area contributed by atoms with Crippen LogP contribution in [0.4, 0.5) is 5.82 Å². The van der Waals surface area contributed by atoms with Gasteiger partial charge < -0.3 is 25.7 Å². The number of nitrogen functional groups attached to an aromatic ring is 1. The third kappa shape index (κ3) is 4.89. The summed E-state index contributed by atoms with van der Waals surface area (Å²) in [5.74, 6) is 2.23. The smallest absolute Gasteiger partial charge is 0.162 e. The van der Waals surface area contributed by atoms with E-state index in [2.05, 4.69) is 44.1 Å². The third-order valence-corrected chi connectivity index (χ3v) is 7.08. The molecule has 9 heteroatoms. The van der Waals surface area contributed by atoms with Gasteiger partial charge in [0, 0.05) is 54.4 Å². The topological polar surface area (TPSA) is 122 Å². The number of benzene rings is 2. The van der Waals surface area contributed by atoms with Crippen LogP contribution in [0.15, 0.2) is 67.1 Å². The van der Waals surface area contributed by atoms with Crippen molar-refractivity contribution < 1.29 is 14.2 Å². The van der Waals surface area contributed by atoms with Gasteiger partial charge in [0.1, 0.15) is 18.2 Å². The monoisotopic (exact) mass is 522 g/mol. The van der Waals surface area contributed by atoms with E-state index in [4.69, 9.17) is 25.7 Å². The van der Waals surface area contributed by atoms with E-state index < -0.39 is 0 Å². The van der Waals surface area contributed by atoms with Crippen LogP contribution in [0, 0.1) is 0 Å². The Morgan fingerprint density at radius 2 is 1.64 bits per heavy atom. The molecule has 9 nitrogen and oxygen atoms in total. The van der Waals surface area contributed by atoms with E-state index in [1.54, 1.807) is 32.8 Å². The van der Waals surface area contributed by atoms with Crippen LogP contribution in [0.2, 0.25) is 0 Å². The zero-order valence-corrected chi connectivity index (χ0v) is 21.9. The molecule has 1 atom stereocenters. The maximum atomic E-state index is 6.42. The van der Waals surface area contributed by atoms with E-state index in [1.807, 2.05) is 24.3 Å². The Bertz CT molecular complexity index is 1650. The molecule has 0 unspecified atom stereocenters. The first-order chi connectivity index (χ1) is 19.0. The Morgan fingerprint density at radius 1 is 0.897 bits per heavy atom. The van der Waals surface area contributed by atoms with Gasteiger partial charge in [0.15, 0.2) is 11.5 Å². The number of ether oxygens (including phenoxy) is 3. The number of pyridine rings is 3. The van der Waals surface area contributed by atoms with Gasteiger partial charge in [0.25, 0.3) is 0 Å². The van der Waals surface area contributed by atoms with Crippen LogP contribution in [0.25, 0.3) is 32.9 Å². The van der Waals surface area contributed by atoms with Gasteiger partial charge in [-0.15, -0.1) is 0 Å². The maximum absolute atomic E-state index is 6.42. The lowest BCUT2D eigenvalue weighted by Gasteiger charge is -2.20. The SMILES string of the molecule is COc1cc2ncc3c(N)nc(-c4cncc(OC[C@@H](N)CN5Cc6ccccc6C5)c4)cc3c2cc1OC. The normalized spacial score (nSPS) is 13.9. The van der Waals surface area contributed by atoms with Crippen molar-refractivity contribution in [2.24, 2.45) is 5.73 Å². The molecule has 5 aromatic rings. The minimum Gasteiger partial charge on any atom is -0.493 e. The van der Waals surface area contributed by atoms with Crippen LogP contribution in [0.3, 0.4) is 0 Å². The first-order valence-corrected chi connectivity index (χ1v) is 12.8. The molecule has 0 fully saturated rings. The Hall–Kier alpha value is -4.47. The van der Waals surface area contributed by atoms with Crippen LogP contribution < -0.4 is 25.7 Å². The van der Waals surface area contributed by atoms with Gasteiger partial charge in [0.05, 0.1) is 37.7 Å². The second-order valence-electron chi connectivity index (χ2n) is 9.76. The fraction of sp³-hybridized carbons (Fsp3) is 0.233. The van der Waals surface area contributed by atoms with Crippen LogP contribution in [-0.2, 0) is 13.1 Å². The Labute approximate surface area is 226 Å². The highest BCUT2D eigenvalue weighted by Crippen LogP contribution is 2.37. The molecule has 4 heterocycles. The highest BCUT2D eigenvalue weighted by molar-refractivity contribution is 6.10. The summed E-state index contributed by atoms with van der Waals surface area (Å²) in [5.41, 5.74) is 17.8. The minimum absolute atomic E-state index is 0.136. The zero-order valence-electron chi connectivity index (χ0n) is 21.9. The fourth-order valence-corrected chi connectivity index (χ4v) is 5.16. The molecule has 0 amide bonds. The summed E-state index contributed by atoms with van der Waals surface area (Å²) in [6, 6.07) is 16.0. The number of methoxy groups -OCH3 is 2. The molecular weight excluding hydrogens is 492 g/mol. The second kappa shape index (κ2) is 10.4. The largest absolute Gasteiger partial charge is 0.493 e. The standard InChI is InChI=1S/C30H30N6O3/c1-37-28-9-24-23-8-26(35-30(32)25(23)13-34-27(24)10-29(28)38-2)20-7-22(12-33-11-20)39-17-21(31)16-36-14-18-5-3-4-6-19(18)15-36/h3-13,21H,14-17,31H2,1-2H3,(H2,32,35)/t21-/m0/s1. The van der Waals surface area contributed by atoms with Gasteiger partial charge in [-0.25, -0.2) is 4.98 Å². The number of hydrogen-bond donors (Lipinski definition) is 2. The van der Waals surface area contributed by atoms with Crippen LogP contribution in [-0.4, -0.2) is 53.3 Å². The zero-order chi connectivity index (χ0) is 26.9. The molecule has 1 aliphatic rings. The first-order valence-electron chi connectivity index (χ1n) is 12.8. The van der Waals surface area contributed by atoms with Gasteiger partial charge in [-0.1, -0.05) is 24.3 Å². The lowest BCUT2D eigenvalue weighted by Crippen LogP contribution is -2.39. The van der Waals surface area contributed by atoms with Crippen molar-refractivity contribution in [3.8, 4) is 28.5 Å². The minimum atomic E-state index is -0.136. The molecule has 198 valence electrons. The van der Waals surface area contributed by atoms with E-state index in [9.17, 15) is 0 Å². The van der Waals surface area contributed by atoms with E-state index in [1.165, 1.54) is 11.1 Å². The number of anilines is 1. The summed E-state index contributed by atoms with van der Waals surface area (Å²) in [6.45, 7) is 2.96. The molecule has 0 aliphatic carbocycles. The van der Waals surface area contributed by atoms with Crippen molar-refractivity contribution in [3.63, 3.8) is 0 Å². The van der Waals surface area contributed by atoms with Crippen molar-refractivity contribution >= 4 is 27.5 Å². The number of hydrogen-bond acceptors (Lipinski definition) is 9. The van der Waals surface area contributed by atoms with Gasteiger partial charge in [-0.05, 0) is 34.7 Å². The summed E-state index contributed by atoms with van der Waals surface area (Å²) in [5, 5.41) is 2.55. The lowest BCUT2D eigenvalue weighted by atomic mass is 10.0. The van der Waals surface area contributed by atoms with Crippen molar-refractivity contribution in [2.45, 2.75) is 19.1 Å². The molecular formula is C30H30N6O3. The van der Waals surface area contributed by atoms with Crippen molar-refractivity contribution in [1.82, 2.24) is 19.9 Å². The van der Waals surface area contributed by atoms with Crippen molar-refractivity contribution in [1.29, 1.82) is 0 Å². The summed E-state index contributed by atoms with van der Waals surface area (Å²) in [4.78, 5) is 15.9. The van der Waals surface area contributed by atoms with Crippen molar-refractivity contribution in [3.05, 3.63) is 78.2 Å². The van der Waals surface area contributed by atoms with Gasteiger partial charge in [-0.2, -0.15) is 0 Å². The van der Waals surface area contributed by atoms with E-state index >= 15 is 0 Å². The Morgan fingerprint density at radius 3 is 2.38 bits per heavy atom. The fourth-order valence-electron chi connectivity index (χ4n) is 5.16. The van der Waals surface area contributed by atoms with Crippen molar-refractivity contribution in [2.75, 3.05) is 33.1 Å². The molecule has 4 N–H and O–H groups in total. The number of nitrogens with two attached hydrogens (primary N) is 2. The average Bonchev–Trinajstić information content (AvgIpc) is 3.37. The number of nitrogens with zero attached hydrogens (tertiary/aromatic N) is 4. The number of aromatic nitrogens is 3. The predicted octanol–water partition coefficient (Wildman–Crippen LogP) is 4.17. The molecule has 0 bridgehead atoms. The number of rotatable bonds is 8. The first kappa shape index (κ1) is 24.8. The third-order valence-electron chi connectivity index (χ3n) is 7.08. The summed E-state index contributed by atoms with van der Waals surface area (Å²) < 4.78 is 17.0. The molecule has 2 aromatic carbocycles. The summed E-state index contributed by atoms with van der Waals surface area (Å²) >= 11 is 0. The molecule has 0 spiro atoms. The van der Waals surface area contributed by atoms with Gasteiger partial charge in [-0.3, -0.25) is 14.9 Å². The van der Waals surface area contributed by atoms with Gasteiger partial charge in [0.2, 0.25) is 0 Å². The van der Waals surface area contributed by atoms with Crippen LogP contribution in [0.1, 0.15) is 11.1 Å². The van der Waals surface area contributed by atoms with Crippen LogP contribution in [0.5, 0.6) is 17.2 Å². The molecule has 3 aromatic heterocycles. The predicted molar refractivity (Wildman–Crippen MR) is 152 cm³/mol. The molecule has 6 rings (SSSR count). The van der Waals surface area contributed by atoms with Crippen LogP contribution >= 0.6 is 0 Å². The maximum Gasteiger partial charge on any atom is 0.162 e. The average molecular weight is 523 g/mol. The summed E-state index contributed by atoms with van der Waals surface area (Å²) in [7, 11) is 3.21. The Kier molecular flexibility index (Phi) is 6.60. The molecule has 0 radical (unpaired) electrons. The van der Waals surface area contributed by atoms with E-state index in [0.717, 1.165) is 46.9 Å². The highest BCUT2D eigenvalue weighted by atomic mass is 16.5. The molecule has 0 saturated carbocycles. The second-order valence-corrected chi connectivity index (χ2v) is 9.76. The lowest BCUT2D eigenvalue weighted by molar-refractivity contribution is 0.214. The summed E-state index contributed by atoms with van der Waals surface area (Å²) in [6.07, 6.45) is 5.16.